The Morgan fingerprint density at radius 2 is 2.17 bits per heavy atom. The van der Waals surface area contributed by atoms with E-state index in [1.807, 2.05) is 10.7 Å². The van der Waals surface area contributed by atoms with Crippen LogP contribution in [0, 0.1) is 0 Å². The van der Waals surface area contributed by atoms with E-state index >= 15 is 0 Å². The van der Waals surface area contributed by atoms with Crippen LogP contribution in [0.1, 0.15) is 19.9 Å². The summed E-state index contributed by atoms with van der Waals surface area (Å²) in [7, 11) is 1.76. The van der Waals surface area contributed by atoms with Crippen molar-refractivity contribution in [3.8, 4) is 0 Å². The molecule has 0 bridgehead atoms. The van der Waals surface area contributed by atoms with E-state index in [1.165, 1.54) is 0 Å². The molecule has 0 amide bonds. The minimum absolute atomic E-state index is 0.263. The van der Waals surface area contributed by atoms with Gasteiger partial charge in [0.15, 0.2) is 0 Å². The zero-order valence-electron chi connectivity index (χ0n) is 10.5. The van der Waals surface area contributed by atoms with Crippen molar-refractivity contribution >= 4 is 29.2 Å². The molecule has 0 fully saturated rings. The smallest absolute Gasteiger partial charge is 0.230 e. The lowest BCUT2D eigenvalue weighted by Gasteiger charge is -2.12. The molecular weight excluding hydrogens is 252 g/mol. The summed E-state index contributed by atoms with van der Waals surface area (Å²) in [6.07, 6.45) is 3.29. The lowest BCUT2D eigenvalue weighted by atomic mass is 10.4. The zero-order valence-corrected chi connectivity index (χ0v) is 11.2. The summed E-state index contributed by atoms with van der Waals surface area (Å²) in [5.41, 5.74) is 0. The van der Waals surface area contributed by atoms with Crippen LogP contribution in [-0.2, 0) is 0 Å². The number of hydrogen-bond donors (Lipinski definition) is 2. The SMILES string of the molecule is CNc1nc(Nc2ccnn2C(C)C)ncc1Cl. The Bertz CT molecular complexity index is 536. The van der Waals surface area contributed by atoms with Gasteiger partial charge in [-0.05, 0) is 13.8 Å². The third-order valence-corrected chi connectivity index (χ3v) is 2.66. The molecule has 0 atom stereocenters. The van der Waals surface area contributed by atoms with Crippen LogP contribution in [-0.4, -0.2) is 26.8 Å². The number of hydrogen-bond acceptors (Lipinski definition) is 5. The fraction of sp³-hybridized carbons (Fsp3) is 0.364. The molecule has 0 spiro atoms. The Balaban J connectivity index is 2.26. The van der Waals surface area contributed by atoms with Gasteiger partial charge < -0.3 is 10.6 Å². The lowest BCUT2D eigenvalue weighted by molar-refractivity contribution is 0.539. The maximum Gasteiger partial charge on any atom is 0.230 e. The molecule has 18 heavy (non-hydrogen) atoms. The number of aromatic nitrogens is 4. The van der Waals surface area contributed by atoms with E-state index in [-0.39, 0.29) is 6.04 Å². The molecule has 0 aliphatic rings. The second-order valence-corrected chi connectivity index (χ2v) is 4.43. The predicted molar refractivity (Wildman–Crippen MR) is 72.5 cm³/mol. The van der Waals surface area contributed by atoms with Crippen molar-refractivity contribution in [1.29, 1.82) is 0 Å². The third-order valence-electron chi connectivity index (χ3n) is 2.38. The van der Waals surface area contributed by atoms with Crippen LogP contribution < -0.4 is 10.6 Å². The summed E-state index contributed by atoms with van der Waals surface area (Å²) in [5.74, 6) is 1.91. The molecule has 2 heterocycles. The molecule has 96 valence electrons. The minimum Gasteiger partial charge on any atom is -0.372 e. The molecule has 0 radical (unpaired) electrons. The molecular formula is C11H15ClN6. The van der Waals surface area contributed by atoms with E-state index in [0.29, 0.717) is 16.8 Å². The highest BCUT2D eigenvalue weighted by molar-refractivity contribution is 6.32. The van der Waals surface area contributed by atoms with Crippen LogP contribution in [0.3, 0.4) is 0 Å². The van der Waals surface area contributed by atoms with Gasteiger partial charge in [-0.3, -0.25) is 0 Å². The quantitative estimate of drug-likeness (QED) is 0.891. The molecule has 0 aromatic carbocycles. The first-order valence-corrected chi connectivity index (χ1v) is 6.00. The van der Waals surface area contributed by atoms with Gasteiger partial charge in [-0.2, -0.15) is 10.1 Å². The summed E-state index contributed by atoms with van der Waals surface area (Å²) >= 11 is 5.93. The van der Waals surface area contributed by atoms with Gasteiger partial charge in [-0.1, -0.05) is 11.6 Å². The molecule has 0 aliphatic carbocycles. The Morgan fingerprint density at radius 1 is 1.39 bits per heavy atom. The fourth-order valence-corrected chi connectivity index (χ4v) is 1.73. The topological polar surface area (TPSA) is 67.7 Å². The minimum atomic E-state index is 0.263. The standard InChI is InChI=1S/C11H15ClN6/c1-7(2)18-9(4-5-15-18)16-11-14-6-8(12)10(13-3)17-11/h4-7H,1-3H3,(H2,13,14,16,17). The maximum absolute atomic E-state index is 5.93. The first-order valence-electron chi connectivity index (χ1n) is 5.62. The van der Waals surface area contributed by atoms with Crippen molar-refractivity contribution in [2.75, 3.05) is 17.7 Å². The first-order chi connectivity index (χ1) is 8.61. The number of anilines is 3. The largest absolute Gasteiger partial charge is 0.372 e. The van der Waals surface area contributed by atoms with Crippen molar-refractivity contribution in [2.45, 2.75) is 19.9 Å². The fourth-order valence-electron chi connectivity index (χ4n) is 1.54. The van der Waals surface area contributed by atoms with Crippen molar-refractivity contribution in [3.05, 3.63) is 23.5 Å². The summed E-state index contributed by atoms with van der Waals surface area (Å²) in [4.78, 5) is 8.39. The van der Waals surface area contributed by atoms with Crippen LogP contribution >= 0.6 is 11.6 Å². The predicted octanol–water partition coefficient (Wildman–Crippen LogP) is 2.69. The Morgan fingerprint density at radius 3 is 2.83 bits per heavy atom. The average Bonchev–Trinajstić information content (AvgIpc) is 2.80. The van der Waals surface area contributed by atoms with Gasteiger partial charge in [0.25, 0.3) is 0 Å². The highest BCUT2D eigenvalue weighted by Crippen LogP contribution is 2.21. The van der Waals surface area contributed by atoms with Gasteiger partial charge in [-0.15, -0.1) is 0 Å². The third kappa shape index (κ3) is 2.53. The van der Waals surface area contributed by atoms with Crippen molar-refractivity contribution in [1.82, 2.24) is 19.7 Å². The molecule has 2 rings (SSSR count). The van der Waals surface area contributed by atoms with Gasteiger partial charge in [0, 0.05) is 19.2 Å². The number of halogens is 1. The number of rotatable bonds is 4. The second kappa shape index (κ2) is 5.22. The van der Waals surface area contributed by atoms with Crippen LogP contribution in [0.2, 0.25) is 5.02 Å². The monoisotopic (exact) mass is 266 g/mol. The number of nitrogens with one attached hydrogen (secondary N) is 2. The highest BCUT2D eigenvalue weighted by atomic mass is 35.5. The molecule has 7 heteroatoms. The summed E-state index contributed by atoms with van der Waals surface area (Å²) in [5, 5.41) is 10.7. The van der Waals surface area contributed by atoms with E-state index in [1.54, 1.807) is 19.4 Å². The van der Waals surface area contributed by atoms with Gasteiger partial charge >= 0.3 is 0 Å². The van der Waals surface area contributed by atoms with E-state index in [0.717, 1.165) is 5.82 Å². The summed E-state index contributed by atoms with van der Waals surface area (Å²) in [6, 6.07) is 2.13. The molecule has 2 aromatic rings. The highest BCUT2D eigenvalue weighted by Gasteiger charge is 2.08. The first kappa shape index (κ1) is 12.6. The van der Waals surface area contributed by atoms with Crippen LogP contribution in [0.5, 0.6) is 0 Å². The van der Waals surface area contributed by atoms with Crippen molar-refractivity contribution in [3.63, 3.8) is 0 Å². The van der Waals surface area contributed by atoms with E-state index < -0.39 is 0 Å². The van der Waals surface area contributed by atoms with E-state index in [2.05, 4.69) is 39.5 Å². The Hall–Kier alpha value is -1.82. The second-order valence-electron chi connectivity index (χ2n) is 4.02. The van der Waals surface area contributed by atoms with Crippen LogP contribution in [0.15, 0.2) is 18.5 Å². The van der Waals surface area contributed by atoms with Gasteiger partial charge in [0.05, 0.1) is 12.4 Å². The van der Waals surface area contributed by atoms with Crippen molar-refractivity contribution in [2.24, 2.45) is 0 Å². The van der Waals surface area contributed by atoms with E-state index in [4.69, 9.17) is 11.6 Å². The Kier molecular flexibility index (Phi) is 3.66. The number of nitrogens with zero attached hydrogens (tertiary/aromatic N) is 4. The zero-order chi connectivity index (χ0) is 13.1. The normalized spacial score (nSPS) is 10.7. The van der Waals surface area contributed by atoms with Gasteiger partial charge in [-0.25, -0.2) is 9.67 Å². The molecule has 6 nitrogen and oxygen atoms in total. The van der Waals surface area contributed by atoms with Crippen molar-refractivity contribution < 1.29 is 0 Å². The Labute approximate surface area is 110 Å². The summed E-state index contributed by atoms with van der Waals surface area (Å²) in [6.45, 7) is 4.11. The van der Waals surface area contributed by atoms with Gasteiger partial charge in [0.1, 0.15) is 16.7 Å². The molecule has 0 saturated carbocycles. The average molecular weight is 267 g/mol. The maximum atomic E-state index is 5.93. The van der Waals surface area contributed by atoms with Crippen LogP contribution in [0.4, 0.5) is 17.6 Å². The van der Waals surface area contributed by atoms with Gasteiger partial charge in [0.2, 0.25) is 5.95 Å². The molecule has 2 aromatic heterocycles. The molecule has 0 unspecified atom stereocenters. The molecule has 0 saturated heterocycles. The van der Waals surface area contributed by atoms with E-state index in [9.17, 15) is 0 Å². The molecule has 0 aliphatic heterocycles. The van der Waals surface area contributed by atoms with Crippen LogP contribution in [0.25, 0.3) is 0 Å². The molecule has 2 N–H and O–H groups in total. The lowest BCUT2D eigenvalue weighted by Crippen LogP contribution is -2.09. The summed E-state index contributed by atoms with van der Waals surface area (Å²) < 4.78 is 1.86.